The summed E-state index contributed by atoms with van der Waals surface area (Å²) in [5.74, 6) is 1.17. The van der Waals surface area contributed by atoms with Crippen LogP contribution in [0.25, 0.3) is 0 Å². The third-order valence-electron chi connectivity index (χ3n) is 6.92. The minimum atomic E-state index is -0.292. The van der Waals surface area contributed by atoms with E-state index in [-0.39, 0.29) is 29.2 Å². The third kappa shape index (κ3) is 3.91. The van der Waals surface area contributed by atoms with E-state index < -0.39 is 0 Å². The van der Waals surface area contributed by atoms with Crippen molar-refractivity contribution in [3.05, 3.63) is 34.4 Å². The smallest absolute Gasteiger partial charge is 0.255 e. The molecule has 2 unspecified atom stereocenters. The molecule has 0 aromatic heterocycles. The summed E-state index contributed by atoms with van der Waals surface area (Å²) in [4.78, 5) is 13.1. The molecule has 2 aliphatic carbocycles. The van der Waals surface area contributed by atoms with Gasteiger partial charge in [0.05, 0.1) is 5.56 Å². The van der Waals surface area contributed by atoms with Gasteiger partial charge in [0.1, 0.15) is 17.1 Å². The first kappa shape index (κ1) is 20.3. The average Bonchev–Trinajstić information content (AvgIpc) is 3.44. The summed E-state index contributed by atoms with van der Waals surface area (Å²) >= 11 is 0. The molecule has 4 heteroatoms. The first-order chi connectivity index (χ1) is 13.8. The molecule has 1 aromatic rings. The van der Waals surface area contributed by atoms with Crippen molar-refractivity contribution in [3.63, 3.8) is 0 Å². The Morgan fingerprint density at radius 2 is 2.03 bits per heavy atom. The number of benzene rings is 1. The molecule has 0 spiro atoms. The van der Waals surface area contributed by atoms with E-state index in [2.05, 4.69) is 39.1 Å². The van der Waals surface area contributed by atoms with Crippen LogP contribution in [-0.4, -0.2) is 22.7 Å². The lowest BCUT2D eigenvalue weighted by atomic mass is 9.67. The molecule has 0 saturated heterocycles. The fourth-order valence-corrected chi connectivity index (χ4v) is 5.11. The zero-order chi connectivity index (χ0) is 20.8. The van der Waals surface area contributed by atoms with E-state index in [9.17, 15) is 9.90 Å². The van der Waals surface area contributed by atoms with E-state index in [1.165, 1.54) is 5.57 Å². The van der Waals surface area contributed by atoms with E-state index in [1.54, 1.807) is 0 Å². The fraction of sp³-hybridized carbons (Fsp3) is 0.640. The topological polar surface area (TPSA) is 58.6 Å². The number of unbranched alkanes of at least 4 members (excludes halogenated alkanes) is 2. The Hall–Kier alpha value is -1.97. The Bertz CT molecular complexity index is 835. The maximum atomic E-state index is 13.1. The molecule has 1 aliphatic heterocycles. The Morgan fingerprint density at radius 1 is 1.28 bits per heavy atom. The van der Waals surface area contributed by atoms with Crippen LogP contribution in [0.2, 0.25) is 0 Å². The Kier molecular flexibility index (Phi) is 5.39. The number of carbonyl (C=O) groups excluding carboxylic acids is 1. The molecule has 1 saturated carbocycles. The van der Waals surface area contributed by atoms with Gasteiger partial charge in [-0.25, -0.2) is 0 Å². The molecule has 29 heavy (non-hydrogen) atoms. The summed E-state index contributed by atoms with van der Waals surface area (Å²) in [6, 6.07) is 2.31. The van der Waals surface area contributed by atoms with Gasteiger partial charge in [-0.15, -0.1) is 0 Å². The predicted molar refractivity (Wildman–Crippen MR) is 116 cm³/mol. The zero-order valence-corrected chi connectivity index (χ0v) is 18.3. The number of aromatic hydroxyl groups is 1. The lowest BCUT2D eigenvalue weighted by Gasteiger charge is -2.46. The standard InChI is InChI=1S/C25H35NO3/c1-5-6-7-8-16-14-20-22(23(27)21(16)24(28)26-17-10-11-17)18-13-15(2)9-12-19(18)25(3,4)29-20/h13-14,17-19,27H,5-12H2,1-4H3,(H,26,28). The van der Waals surface area contributed by atoms with Crippen LogP contribution in [0, 0.1) is 5.92 Å². The highest BCUT2D eigenvalue weighted by molar-refractivity contribution is 5.99. The van der Waals surface area contributed by atoms with E-state index in [4.69, 9.17) is 4.74 Å². The number of hydrogen-bond donors (Lipinski definition) is 2. The number of nitrogens with one attached hydrogen (secondary N) is 1. The van der Waals surface area contributed by atoms with Crippen LogP contribution in [0.5, 0.6) is 11.5 Å². The maximum absolute atomic E-state index is 13.1. The number of ether oxygens (including phenoxy) is 1. The van der Waals surface area contributed by atoms with Gasteiger partial charge in [-0.05, 0) is 70.9 Å². The second-order valence-electron chi connectivity index (χ2n) is 9.77. The largest absolute Gasteiger partial charge is 0.507 e. The highest BCUT2D eigenvalue weighted by Gasteiger charge is 2.46. The molecular formula is C25H35NO3. The Balaban J connectivity index is 1.82. The molecule has 1 amide bonds. The summed E-state index contributed by atoms with van der Waals surface area (Å²) in [7, 11) is 0. The van der Waals surface area contributed by atoms with Crippen LogP contribution in [0.4, 0.5) is 0 Å². The van der Waals surface area contributed by atoms with Crippen molar-refractivity contribution in [1.82, 2.24) is 5.32 Å². The van der Waals surface area contributed by atoms with Crippen LogP contribution in [0.15, 0.2) is 17.7 Å². The molecule has 4 nitrogen and oxygen atoms in total. The number of rotatable bonds is 6. The van der Waals surface area contributed by atoms with Crippen molar-refractivity contribution >= 4 is 5.91 Å². The second-order valence-corrected chi connectivity index (χ2v) is 9.77. The summed E-state index contributed by atoms with van der Waals surface area (Å²) in [5, 5.41) is 14.5. The molecule has 0 bridgehead atoms. The van der Waals surface area contributed by atoms with Crippen molar-refractivity contribution in [2.45, 2.75) is 96.6 Å². The highest BCUT2D eigenvalue weighted by atomic mass is 16.5. The molecule has 2 atom stereocenters. The minimum Gasteiger partial charge on any atom is -0.507 e. The van der Waals surface area contributed by atoms with Gasteiger partial charge in [0.15, 0.2) is 0 Å². The van der Waals surface area contributed by atoms with Gasteiger partial charge in [-0.1, -0.05) is 31.4 Å². The molecule has 1 fully saturated rings. The van der Waals surface area contributed by atoms with Crippen LogP contribution in [0.3, 0.4) is 0 Å². The van der Waals surface area contributed by atoms with Crippen molar-refractivity contribution in [3.8, 4) is 11.5 Å². The van der Waals surface area contributed by atoms with Gasteiger partial charge in [-0.2, -0.15) is 0 Å². The Morgan fingerprint density at radius 3 is 2.72 bits per heavy atom. The van der Waals surface area contributed by atoms with Crippen LogP contribution in [0.1, 0.15) is 100 Å². The van der Waals surface area contributed by atoms with E-state index in [0.717, 1.165) is 68.2 Å². The quantitative estimate of drug-likeness (QED) is 0.483. The minimum absolute atomic E-state index is 0.0969. The molecule has 2 N–H and O–H groups in total. The van der Waals surface area contributed by atoms with Crippen molar-refractivity contribution < 1.29 is 14.6 Å². The number of phenols is 1. The molecule has 3 aliphatic rings. The lowest BCUT2D eigenvalue weighted by Crippen LogP contribution is -2.45. The van der Waals surface area contributed by atoms with Gasteiger partial charge in [0.2, 0.25) is 0 Å². The third-order valence-corrected chi connectivity index (χ3v) is 6.92. The number of hydrogen-bond acceptors (Lipinski definition) is 3. The monoisotopic (exact) mass is 397 g/mol. The second kappa shape index (κ2) is 7.70. The molecule has 158 valence electrons. The number of allylic oxidation sites excluding steroid dienone is 2. The van der Waals surface area contributed by atoms with Crippen LogP contribution < -0.4 is 10.1 Å². The van der Waals surface area contributed by atoms with E-state index in [0.29, 0.717) is 11.5 Å². The molecule has 0 radical (unpaired) electrons. The van der Waals surface area contributed by atoms with Gasteiger partial charge in [-0.3, -0.25) is 4.79 Å². The van der Waals surface area contributed by atoms with Crippen molar-refractivity contribution in [2.24, 2.45) is 5.92 Å². The van der Waals surface area contributed by atoms with Crippen LogP contribution in [-0.2, 0) is 6.42 Å². The Labute approximate surface area is 174 Å². The molecule has 4 rings (SSSR count). The number of carbonyl (C=O) groups is 1. The molecule has 1 heterocycles. The van der Waals surface area contributed by atoms with Gasteiger partial charge in [0.25, 0.3) is 5.91 Å². The van der Waals surface area contributed by atoms with Crippen molar-refractivity contribution in [2.75, 3.05) is 0 Å². The summed E-state index contributed by atoms with van der Waals surface area (Å²) in [6.07, 6.45) is 10.5. The number of aryl methyl sites for hydroxylation is 1. The van der Waals surface area contributed by atoms with Gasteiger partial charge in [0, 0.05) is 23.4 Å². The van der Waals surface area contributed by atoms with Crippen molar-refractivity contribution in [1.29, 1.82) is 0 Å². The summed E-state index contributed by atoms with van der Waals surface area (Å²) < 4.78 is 6.46. The van der Waals surface area contributed by atoms with Crippen LogP contribution >= 0.6 is 0 Å². The van der Waals surface area contributed by atoms with E-state index in [1.807, 2.05) is 6.07 Å². The number of amides is 1. The lowest BCUT2D eigenvalue weighted by molar-refractivity contribution is 0.0107. The normalized spacial score (nSPS) is 24.8. The van der Waals surface area contributed by atoms with Gasteiger partial charge >= 0.3 is 0 Å². The highest BCUT2D eigenvalue weighted by Crippen LogP contribution is 2.54. The molecule has 1 aromatic carbocycles. The SMILES string of the molecule is CCCCCc1cc2c(c(O)c1C(=O)NC1CC1)C1C=C(C)CCC1C(C)(C)O2. The first-order valence-electron chi connectivity index (χ1n) is 11.4. The fourth-order valence-electron chi connectivity index (χ4n) is 5.11. The average molecular weight is 398 g/mol. The van der Waals surface area contributed by atoms with Gasteiger partial charge < -0.3 is 15.2 Å². The number of phenolic OH excluding ortho intramolecular Hbond substituents is 1. The summed E-state index contributed by atoms with van der Waals surface area (Å²) in [5.41, 5.74) is 3.27. The maximum Gasteiger partial charge on any atom is 0.255 e. The first-order valence-corrected chi connectivity index (χ1v) is 11.4. The van der Waals surface area contributed by atoms with E-state index >= 15 is 0 Å². The summed E-state index contributed by atoms with van der Waals surface area (Å²) in [6.45, 7) is 8.65. The zero-order valence-electron chi connectivity index (χ0n) is 18.3. The predicted octanol–water partition coefficient (Wildman–Crippen LogP) is 5.63. The number of fused-ring (bicyclic) bond motifs is 3. The molecular weight excluding hydrogens is 362 g/mol.